The number of allylic oxidation sites excluding steroid dienone is 6. The summed E-state index contributed by atoms with van der Waals surface area (Å²) in [6, 6.07) is 8.05. The zero-order valence-corrected chi connectivity index (χ0v) is 16.0. The van der Waals surface area contributed by atoms with E-state index in [1.54, 1.807) is 0 Å². The predicted octanol–water partition coefficient (Wildman–Crippen LogP) is 6.16. The zero-order valence-electron chi connectivity index (χ0n) is 16.0. The van der Waals surface area contributed by atoms with E-state index in [0.29, 0.717) is 0 Å². The molecule has 1 aromatic carbocycles. The Morgan fingerprint density at radius 1 is 0.958 bits per heavy atom. The lowest BCUT2D eigenvalue weighted by Crippen LogP contribution is -2.02. The topological polar surface area (TPSA) is 38.4 Å². The summed E-state index contributed by atoms with van der Waals surface area (Å²) >= 11 is 0. The van der Waals surface area contributed by atoms with Crippen LogP contribution in [-0.2, 0) is 6.42 Å². The molecular formula is C22H34N2. The normalized spacial score (nSPS) is 19.9. The highest BCUT2D eigenvalue weighted by atomic mass is 14.7. The Balaban J connectivity index is 0.00000123. The lowest BCUT2D eigenvalue weighted by molar-refractivity contribution is 0.951. The molecule has 0 amide bonds. The fraction of sp³-hybridized carbons (Fsp3) is 0.409. The third-order valence-corrected chi connectivity index (χ3v) is 3.39. The van der Waals surface area contributed by atoms with Crippen LogP contribution in [0.2, 0.25) is 0 Å². The molecule has 1 aliphatic rings. The van der Waals surface area contributed by atoms with Gasteiger partial charge in [0.25, 0.3) is 0 Å². The van der Waals surface area contributed by atoms with Gasteiger partial charge in [0.1, 0.15) is 0 Å². The van der Waals surface area contributed by atoms with Crippen molar-refractivity contribution in [1.29, 1.82) is 0 Å². The number of nitrogens with zero attached hydrogens (tertiary/aromatic N) is 1. The molecule has 1 aliphatic carbocycles. The molecule has 2 heteroatoms. The van der Waals surface area contributed by atoms with Crippen LogP contribution in [-0.4, -0.2) is 12.3 Å². The third-order valence-electron chi connectivity index (χ3n) is 3.39. The van der Waals surface area contributed by atoms with Gasteiger partial charge in [0.15, 0.2) is 0 Å². The molecule has 0 spiro atoms. The first kappa shape index (κ1) is 21.9. The molecular weight excluding hydrogens is 292 g/mol. The molecule has 0 bridgehead atoms. The van der Waals surface area contributed by atoms with Crippen molar-refractivity contribution in [3.05, 3.63) is 65.8 Å². The van der Waals surface area contributed by atoms with Crippen LogP contribution < -0.4 is 5.73 Å². The summed E-state index contributed by atoms with van der Waals surface area (Å²) in [5.41, 5.74) is 10.3. The Hall–Kier alpha value is -2.09. The van der Waals surface area contributed by atoms with E-state index in [-0.39, 0.29) is 0 Å². The molecule has 0 aliphatic heterocycles. The Morgan fingerprint density at radius 3 is 2.29 bits per heavy atom. The number of aliphatic imine (C=N–C) groups is 1. The zero-order chi connectivity index (χ0) is 18.2. The van der Waals surface area contributed by atoms with Crippen LogP contribution in [0, 0.1) is 0 Å². The maximum atomic E-state index is 5.69. The van der Waals surface area contributed by atoms with Crippen LogP contribution in [0.5, 0.6) is 0 Å². The second-order valence-electron chi connectivity index (χ2n) is 5.02. The van der Waals surface area contributed by atoms with E-state index >= 15 is 0 Å². The lowest BCUT2D eigenvalue weighted by atomic mass is 10.1. The summed E-state index contributed by atoms with van der Waals surface area (Å²) in [5.74, 6) is 0. The monoisotopic (exact) mass is 326 g/mol. The van der Waals surface area contributed by atoms with Gasteiger partial charge in [0.05, 0.1) is 0 Å². The van der Waals surface area contributed by atoms with Gasteiger partial charge < -0.3 is 5.73 Å². The quantitative estimate of drug-likeness (QED) is 0.664. The molecule has 0 fully saturated rings. The highest BCUT2D eigenvalue weighted by Crippen LogP contribution is 2.10. The largest absolute Gasteiger partial charge is 0.399 e. The van der Waals surface area contributed by atoms with E-state index in [0.717, 1.165) is 31.5 Å². The number of anilines is 1. The van der Waals surface area contributed by atoms with Crippen LogP contribution in [0.15, 0.2) is 65.2 Å². The highest BCUT2D eigenvalue weighted by Gasteiger charge is 2.01. The second-order valence-corrected chi connectivity index (χ2v) is 5.02. The van der Waals surface area contributed by atoms with Gasteiger partial charge in [-0.05, 0) is 49.5 Å². The van der Waals surface area contributed by atoms with Crippen molar-refractivity contribution in [3.63, 3.8) is 0 Å². The molecule has 0 radical (unpaired) electrons. The number of hydrogen-bond acceptors (Lipinski definition) is 2. The van der Waals surface area contributed by atoms with Crippen molar-refractivity contribution >= 4 is 11.4 Å². The van der Waals surface area contributed by atoms with Gasteiger partial charge in [-0.25, -0.2) is 0 Å². The van der Waals surface area contributed by atoms with Crippen LogP contribution in [0.3, 0.4) is 0 Å². The van der Waals surface area contributed by atoms with E-state index < -0.39 is 0 Å². The molecule has 2 nitrogen and oxygen atoms in total. The first-order valence-electron chi connectivity index (χ1n) is 9.14. The minimum atomic E-state index is 0.814. The summed E-state index contributed by atoms with van der Waals surface area (Å²) in [4.78, 5) is 4.77. The molecule has 132 valence electrons. The van der Waals surface area contributed by atoms with Crippen molar-refractivity contribution in [2.75, 3.05) is 12.3 Å². The van der Waals surface area contributed by atoms with Gasteiger partial charge in [-0.3, -0.25) is 4.99 Å². The van der Waals surface area contributed by atoms with Crippen molar-refractivity contribution in [1.82, 2.24) is 0 Å². The summed E-state index contributed by atoms with van der Waals surface area (Å²) < 4.78 is 0. The smallest absolute Gasteiger partial charge is 0.0433 e. The SMILES string of the molecule is CC.CC.C\C1=C/C=C\C=C\CCC1=NCCc1ccc(N)cc1. The number of benzene rings is 1. The molecule has 2 rings (SSSR count). The maximum Gasteiger partial charge on any atom is 0.0433 e. The van der Waals surface area contributed by atoms with Gasteiger partial charge in [0, 0.05) is 17.9 Å². The molecule has 0 heterocycles. The second kappa shape index (κ2) is 14.5. The average Bonchev–Trinajstić information content (AvgIpc) is 2.73. The number of rotatable bonds is 3. The van der Waals surface area contributed by atoms with E-state index in [1.165, 1.54) is 16.8 Å². The summed E-state index contributed by atoms with van der Waals surface area (Å²) in [5, 5.41) is 0. The van der Waals surface area contributed by atoms with Gasteiger partial charge in [-0.1, -0.05) is 70.2 Å². The standard InChI is InChI=1S/C18H22N2.2C2H6/c1-15-7-5-3-2-4-6-8-18(15)20-14-13-16-9-11-17(19)12-10-16;2*1-2/h2-5,7,9-12H,6,8,13-14,19H2,1H3;2*1-2H3/b4-2+,5-3-,15-7+,20-18?;;. The van der Waals surface area contributed by atoms with Crippen molar-refractivity contribution in [3.8, 4) is 0 Å². The molecule has 0 unspecified atom stereocenters. The molecule has 1 aromatic rings. The minimum absolute atomic E-state index is 0.814. The van der Waals surface area contributed by atoms with Gasteiger partial charge in [-0.2, -0.15) is 0 Å². The van der Waals surface area contributed by atoms with E-state index in [9.17, 15) is 0 Å². The fourth-order valence-electron chi connectivity index (χ4n) is 2.16. The molecule has 0 saturated carbocycles. The molecule has 2 N–H and O–H groups in total. The Bertz CT molecular complexity index is 546. The molecule has 0 aromatic heterocycles. The predicted molar refractivity (Wildman–Crippen MR) is 111 cm³/mol. The fourth-order valence-corrected chi connectivity index (χ4v) is 2.16. The van der Waals surface area contributed by atoms with Crippen molar-refractivity contribution < 1.29 is 0 Å². The van der Waals surface area contributed by atoms with Crippen LogP contribution in [0.4, 0.5) is 5.69 Å². The Kier molecular flexibility index (Phi) is 13.2. The summed E-state index contributed by atoms with van der Waals surface area (Å²) in [7, 11) is 0. The Labute approximate surface area is 148 Å². The Morgan fingerprint density at radius 2 is 1.62 bits per heavy atom. The van der Waals surface area contributed by atoms with Crippen LogP contribution in [0.25, 0.3) is 0 Å². The third kappa shape index (κ3) is 9.14. The number of hydrogen-bond donors (Lipinski definition) is 1. The number of nitrogens with two attached hydrogens (primary N) is 1. The van der Waals surface area contributed by atoms with Gasteiger partial charge in [0.2, 0.25) is 0 Å². The highest BCUT2D eigenvalue weighted by molar-refractivity contribution is 6.00. The maximum absolute atomic E-state index is 5.69. The molecule has 0 saturated heterocycles. The van der Waals surface area contributed by atoms with Gasteiger partial charge in [-0.15, -0.1) is 0 Å². The average molecular weight is 327 g/mol. The van der Waals surface area contributed by atoms with Crippen molar-refractivity contribution in [2.45, 2.75) is 53.9 Å². The van der Waals surface area contributed by atoms with E-state index in [1.807, 2.05) is 39.8 Å². The van der Waals surface area contributed by atoms with Crippen LogP contribution in [0.1, 0.15) is 53.0 Å². The van der Waals surface area contributed by atoms with Crippen molar-refractivity contribution in [2.24, 2.45) is 4.99 Å². The van der Waals surface area contributed by atoms with E-state index in [4.69, 9.17) is 10.7 Å². The first-order chi connectivity index (χ1) is 11.8. The first-order valence-corrected chi connectivity index (χ1v) is 9.14. The number of nitrogen functional groups attached to an aromatic ring is 1. The minimum Gasteiger partial charge on any atom is -0.399 e. The molecule has 0 atom stereocenters. The van der Waals surface area contributed by atoms with Crippen LogP contribution >= 0.6 is 0 Å². The summed E-state index contributed by atoms with van der Waals surface area (Å²) in [6.07, 6.45) is 13.6. The van der Waals surface area contributed by atoms with E-state index in [2.05, 4.69) is 49.4 Å². The molecule has 24 heavy (non-hydrogen) atoms. The summed E-state index contributed by atoms with van der Waals surface area (Å²) in [6.45, 7) is 11.0. The van der Waals surface area contributed by atoms with Gasteiger partial charge >= 0.3 is 0 Å². The lowest BCUT2D eigenvalue weighted by Gasteiger charge is -2.06.